The molecule has 168 valence electrons. The second-order valence-electron chi connectivity index (χ2n) is 10.1. The van der Waals surface area contributed by atoms with Crippen molar-refractivity contribution in [1.29, 1.82) is 5.26 Å². The van der Waals surface area contributed by atoms with Crippen LogP contribution in [0.1, 0.15) is 57.2 Å². The molecular weight excluding hydrogens is 419 g/mol. The van der Waals surface area contributed by atoms with Crippen molar-refractivity contribution >= 4 is 27.8 Å². The number of aromatic nitrogens is 3. The summed E-state index contributed by atoms with van der Waals surface area (Å²) < 4.78 is 15.9. The molecule has 2 aromatic heterocycles. The van der Waals surface area contributed by atoms with Gasteiger partial charge in [-0.2, -0.15) is 10.4 Å². The summed E-state index contributed by atoms with van der Waals surface area (Å²) in [5.74, 6) is -1.06. The van der Waals surface area contributed by atoms with E-state index < -0.39 is 16.8 Å². The summed E-state index contributed by atoms with van der Waals surface area (Å²) in [5.41, 5.74) is 3.41. The number of nitrogens with one attached hydrogen (secondary N) is 1. The first-order chi connectivity index (χ1) is 15.6. The van der Waals surface area contributed by atoms with Crippen LogP contribution < -0.4 is 0 Å². The number of aromatic amines is 1. The summed E-state index contributed by atoms with van der Waals surface area (Å²) in [5, 5.41) is 28.5. The van der Waals surface area contributed by atoms with Gasteiger partial charge in [0.05, 0.1) is 28.7 Å². The molecule has 1 saturated carbocycles. The van der Waals surface area contributed by atoms with Crippen molar-refractivity contribution in [3.63, 3.8) is 0 Å². The molecule has 4 aromatic rings. The fourth-order valence-electron chi connectivity index (χ4n) is 5.38. The highest BCUT2D eigenvalue weighted by Crippen LogP contribution is 2.55. The maximum absolute atomic E-state index is 13.8. The van der Waals surface area contributed by atoms with E-state index in [0.717, 1.165) is 38.8 Å². The number of H-pyrrole nitrogens is 1. The standard InChI is InChI=1S/C26H25FN4O2/c1-25(2,8-9-28)23-22(16-12-26(3,13-16)24(32)33)19-11-20-15(14-29-30-20)10-21(19)31(23)18-6-4-17(27)5-7-18/h4-7,10-11,14,16H,8,12-13H2,1-3H3,(H,29,30)(H,32,33)/t16-,26-. The van der Waals surface area contributed by atoms with Crippen molar-refractivity contribution in [2.45, 2.75) is 51.4 Å². The molecule has 0 radical (unpaired) electrons. The number of hydrogen-bond donors (Lipinski definition) is 2. The third-order valence-electron chi connectivity index (χ3n) is 7.13. The summed E-state index contributed by atoms with van der Waals surface area (Å²) in [6.07, 6.45) is 3.12. The first-order valence-electron chi connectivity index (χ1n) is 11.0. The van der Waals surface area contributed by atoms with E-state index in [4.69, 9.17) is 0 Å². The highest BCUT2D eigenvalue weighted by molar-refractivity contribution is 5.99. The molecule has 0 aliphatic heterocycles. The Balaban J connectivity index is 1.86. The van der Waals surface area contributed by atoms with Crippen LogP contribution in [-0.2, 0) is 10.2 Å². The summed E-state index contributed by atoms with van der Waals surface area (Å²) in [6, 6.07) is 12.8. The maximum Gasteiger partial charge on any atom is 0.309 e. The van der Waals surface area contributed by atoms with Gasteiger partial charge in [-0.15, -0.1) is 0 Å². The van der Waals surface area contributed by atoms with E-state index in [2.05, 4.69) is 33.0 Å². The second kappa shape index (κ2) is 7.17. The number of rotatable bonds is 5. The minimum atomic E-state index is -0.783. The lowest BCUT2D eigenvalue weighted by Gasteiger charge is -2.43. The number of carboxylic acids is 1. The van der Waals surface area contributed by atoms with Crippen LogP contribution >= 0.6 is 0 Å². The van der Waals surface area contributed by atoms with E-state index in [-0.39, 0.29) is 11.7 Å². The molecule has 0 bridgehead atoms. The van der Waals surface area contributed by atoms with Crippen LogP contribution in [0, 0.1) is 22.6 Å². The normalized spacial score (nSPS) is 20.6. The molecule has 2 N–H and O–H groups in total. The number of fused-ring (bicyclic) bond motifs is 2. The molecule has 0 unspecified atom stereocenters. The lowest BCUT2D eigenvalue weighted by atomic mass is 9.59. The number of nitrogens with zero attached hydrogens (tertiary/aromatic N) is 3. The van der Waals surface area contributed by atoms with Crippen molar-refractivity contribution < 1.29 is 14.3 Å². The van der Waals surface area contributed by atoms with E-state index in [1.54, 1.807) is 25.3 Å². The van der Waals surface area contributed by atoms with Crippen LogP contribution in [0.4, 0.5) is 4.39 Å². The fourth-order valence-corrected chi connectivity index (χ4v) is 5.38. The number of nitriles is 1. The van der Waals surface area contributed by atoms with Gasteiger partial charge in [-0.1, -0.05) is 13.8 Å². The predicted molar refractivity (Wildman–Crippen MR) is 124 cm³/mol. The lowest BCUT2D eigenvalue weighted by Crippen LogP contribution is -2.41. The van der Waals surface area contributed by atoms with Crippen LogP contribution in [0.5, 0.6) is 0 Å². The third kappa shape index (κ3) is 3.20. The predicted octanol–water partition coefficient (Wildman–Crippen LogP) is 5.81. The quantitative estimate of drug-likeness (QED) is 0.406. The Bertz CT molecular complexity index is 1430. The van der Waals surface area contributed by atoms with E-state index in [1.165, 1.54) is 12.1 Å². The molecule has 33 heavy (non-hydrogen) atoms. The molecule has 1 fully saturated rings. The van der Waals surface area contributed by atoms with Crippen molar-refractivity contribution in [3.8, 4) is 11.8 Å². The SMILES string of the molecule is CC(C)(CC#N)c1c([C@H]2C[C@](C)(C(=O)O)C2)c2cc3[nH]ncc3cc2n1-c1ccc(F)cc1. The average molecular weight is 445 g/mol. The van der Waals surface area contributed by atoms with Crippen molar-refractivity contribution in [2.24, 2.45) is 5.41 Å². The van der Waals surface area contributed by atoms with Crippen LogP contribution in [0.25, 0.3) is 27.5 Å². The number of carboxylic acid groups (broad SMARTS) is 1. The zero-order valence-corrected chi connectivity index (χ0v) is 18.8. The van der Waals surface area contributed by atoms with Crippen LogP contribution in [0.3, 0.4) is 0 Å². The zero-order chi connectivity index (χ0) is 23.5. The molecule has 0 amide bonds. The molecule has 6 nitrogen and oxygen atoms in total. The maximum atomic E-state index is 13.8. The summed E-state index contributed by atoms with van der Waals surface area (Å²) in [7, 11) is 0. The minimum Gasteiger partial charge on any atom is -0.481 e. The Kier molecular flexibility index (Phi) is 4.61. The molecule has 1 aliphatic rings. The average Bonchev–Trinajstić information content (AvgIpc) is 3.32. The van der Waals surface area contributed by atoms with Crippen LogP contribution in [-0.4, -0.2) is 25.8 Å². The summed E-state index contributed by atoms with van der Waals surface area (Å²) in [6.45, 7) is 5.87. The molecule has 0 saturated heterocycles. The van der Waals surface area contributed by atoms with E-state index in [0.29, 0.717) is 19.3 Å². The number of carbonyl (C=O) groups is 1. The molecule has 5 rings (SSSR count). The largest absolute Gasteiger partial charge is 0.481 e. The van der Waals surface area contributed by atoms with Crippen molar-refractivity contribution in [3.05, 3.63) is 59.7 Å². The molecule has 2 aromatic carbocycles. The topological polar surface area (TPSA) is 94.7 Å². The Hall–Kier alpha value is -3.66. The lowest BCUT2D eigenvalue weighted by molar-refractivity contribution is -0.154. The Labute approximate surface area is 190 Å². The number of hydrogen-bond acceptors (Lipinski definition) is 3. The third-order valence-corrected chi connectivity index (χ3v) is 7.13. The van der Waals surface area contributed by atoms with Crippen molar-refractivity contribution in [2.75, 3.05) is 0 Å². The van der Waals surface area contributed by atoms with Gasteiger partial charge >= 0.3 is 5.97 Å². The highest BCUT2D eigenvalue weighted by Gasteiger charge is 2.49. The second-order valence-corrected chi connectivity index (χ2v) is 10.1. The molecular formula is C26H25FN4O2. The molecule has 0 spiro atoms. The number of benzene rings is 2. The fraction of sp³-hybridized carbons (Fsp3) is 0.346. The smallest absolute Gasteiger partial charge is 0.309 e. The Morgan fingerprint density at radius 2 is 2.03 bits per heavy atom. The molecule has 7 heteroatoms. The number of halogens is 1. The number of aliphatic carboxylic acids is 1. The highest BCUT2D eigenvalue weighted by atomic mass is 19.1. The van der Waals surface area contributed by atoms with Gasteiger partial charge in [0, 0.05) is 34.0 Å². The monoisotopic (exact) mass is 444 g/mol. The van der Waals surface area contributed by atoms with Crippen LogP contribution in [0.15, 0.2) is 42.6 Å². The molecule has 0 atom stereocenters. The van der Waals surface area contributed by atoms with Gasteiger partial charge in [0.1, 0.15) is 5.82 Å². The molecule has 1 aliphatic carbocycles. The zero-order valence-electron chi connectivity index (χ0n) is 18.8. The van der Waals surface area contributed by atoms with E-state index in [9.17, 15) is 19.6 Å². The first-order valence-corrected chi connectivity index (χ1v) is 11.0. The van der Waals surface area contributed by atoms with Gasteiger partial charge in [-0.3, -0.25) is 9.89 Å². The minimum absolute atomic E-state index is 0.0450. The van der Waals surface area contributed by atoms with Gasteiger partial charge < -0.3 is 9.67 Å². The summed E-state index contributed by atoms with van der Waals surface area (Å²) >= 11 is 0. The first kappa shape index (κ1) is 21.2. The van der Waals surface area contributed by atoms with Gasteiger partial charge in [0.15, 0.2) is 0 Å². The van der Waals surface area contributed by atoms with E-state index >= 15 is 0 Å². The van der Waals surface area contributed by atoms with Gasteiger partial charge in [0.25, 0.3) is 0 Å². The Morgan fingerprint density at radius 3 is 2.67 bits per heavy atom. The van der Waals surface area contributed by atoms with E-state index in [1.807, 2.05) is 13.8 Å². The van der Waals surface area contributed by atoms with Gasteiger partial charge in [0.2, 0.25) is 0 Å². The Morgan fingerprint density at radius 1 is 1.33 bits per heavy atom. The van der Waals surface area contributed by atoms with Gasteiger partial charge in [-0.25, -0.2) is 4.39 Å². The summed E-state index contributed by atoms with van der Waals surface area (Å²) in [4.78, 5) is 11.8. The van der Waals surface area contributed by atoms with Crippen LogP contribution in [0.2, 0.25) is 0 Å². The van der Waals surface area contributed by atoms with Gasteiger partial charge in [-0.05, 0) is 67.6 Å². The molecule has 2 heterocycles. The van der Waals surface area contributed by atoms with Crippen molar-refractivity contribution in [1.82, 2.24) is 14.8 Å².